The molecule has 86 valence electrons. The first-order valence-electron chi connectivity index (χ1n) is 5.38. The van der Waals surface area contributed by atoms with Gasteiger partial charge >= 0.3 is 0 Å². The molecule has 0 radical (unpaired) electrons. The maximum Gasteiger partial charge on any atom is 0.236 e. The van der Waals surface area contributed by atoms with Crippen LogP contribution in [-0.4, -0.2) is 36.0 Å². The number of nitrogens with zero attached hydrogens (tertiary/aromatic N) is 2. The van der Waals surface area contributed by atoms with Gasteiger partial charge in [-0.3, -0.25) is 4.79 Å². The van der Waals surface area contributed by atoms with Crippen molar-refractivity contribution in [3.8, 4) is 6.07 Å². The van der Waals surface area contributed by atoms with Gasteiger partial charge in [0.25, 0.3) is 0 Å². The summed E-state index contributed by atoms with van der Waals surface area (Å²) in [7, 11) is 0. The maximum absolute atomic E-state index is 11.7. The molecule has 0 aliphatic rings. The number of nitrogens with one attached hydrogen (secondary N) is 1. The van der Waals surface area contributed by atoms with Crippen LogP contribution in [0.5, 0.6) is 0 Å². The number of rotatable bonds is 6. The summed E-state index contributed by atoms with van der Waals surface area (Å²) in [5.41, 5.74) is 0. The zero-order valence-corrected chi connectivity index (χ0v) is 10.1. The highest BCUT2D eigenvalue weighted by atomic mass is 16.2. The van der Waals surface area contributed by atoms with E-state index >= 15 is 0 Å². The molecule has 0 aromatic heterocycles. The largest absolute Gasteiger partial charge is 0.338 e. The average Bonchev–Trinajstić information content (AvgIpc) is 2.14. The van der Waals surface area contributed by atoms with E-state index in [2.05, 4.69) is 11.4 Å². The summed E-state index contributed by atoms with van der Waals surface area (Å²) < 4.78 is 0. The maximum atomic E-state index is 11.7. The van der Waals surface area contributed by atoms with Crippen LogP contribution in [0, 0.1) is 11.3 Å². The van der Waals surface area contributed by atoms with Crippen LogP contribution in [0.4, 0.5) is 0 Å². The Morgan fingerprint density at radius 2 is 2.00 bits per heavy atom. The van der Waals surface area contributed by atoms with E-state index in [0.29, 0.717) is 25.6 Å². The molecule has 0 rings (SSSR count). The number of nitriles is 1. The fraction of sp³-hybridized carbons (Fsp3) is 0.818. The molecule has 0 spiro atoms. The van der Waals surface area contributed by atoms with Crippen molar-refractivity contribution in [3.05, 3.63) is 0 Å². The molecule has 1 amide bonds. The fourth-order valence-corrected chi connectivity index (χ4v) is 1.23. The average molecular weight is 211 g/mol. The number of hydrogen-bond donors (Lipinski definition) is 1. The summed E-state index contributed by atoms with van der Waals surface area (Å²) in [6.07, 6.45) is 0.394. The second-order valence-corrected chi connectivity index (χ2v) is 4.12. The Labute approximate surface area is 92.3 Å². The lowest BCUT2D eigenvalue weighted by Crippen LogP contribution is -2.44. The van der Waals surface area contributed by atoms with E-state index in [1.807, 2.05) is 27.7 Å². The van der Waals surface area contributed by atoms with Crippen LogP contribution in [0.1, 0.15) is 34.1 Å². The molecule has 0 atom stereocenters. The standard InChI is InChI=1S/C11H21N3O/c1-9(2)13-8-11(15)14(10(3)4)7-5-6-12/h9-10,13H,5,7-8H2,1-4H3. The van der Waals surface area contributed by atoms with Crippen molar-refractivity contribution < 1.29 is 4.79 Å². The van der Waals surface area contributed by atoms with Gasteiger partial charge in [0, 0.05) is 18.6 Å². The van der Waals surface area contributed by atoms with Gasteiger partial charge in [0.05, 0.1) is 19.0 Å². The first-order chi connectivity index (χ1) is 6.99. The predicted molar refractivity (Wildman–Crippen MR) is 60.2 cm³/mol. The van der Waals surface area contributed by atoms with Gasteiger partial charge in [-0.15, -0.1) is 0 Å². The summed E-state index contributed by atoms with van der Waals surface area (Å²) in [4.78, 5) is 13.5. The Hall–Kier alpha value is -1.08. The van der Waals surface area contributed by atoms with E-state index < -0.39 is 0 Å². The second-order valence-electron chi connectivity index (χ2n) is 4.12. The van der Waals surface area contributed by atoms with Gasteiger partial charge in [0.1, 0.15) is 0 Å². The summed E-state index contributed by atoms with van der Waals surface area (Å²) >= 11 is 0. The molecule has 0 aromatic rings. The Kier molecular flexibility index (Phi) is 6.72. The summed E-state index contributed by atoms with van der Waals surface area (Å²) in [6, 6.07) is 2.52. The first kappa shape index (κ1) is 13.9. The molecule has 4 heteroatoms. The van der Waals surface area contributed by atoms with E-state index in [0.717, 1.165) is 0 Å². The van der Waals surface area contributed by atoms with Crippen molar-refractivity contribution in [2.75, 3.05) is 13.1 Å². The topological polar surface area (TPSA) is 56.1 Å². The quantitative estimate of drug-likeness (QED) is 0.716. The molecule has 15 heavy (non-hydrogen) atoms. The van der Waals surface area contributed by atoms with Crippen molar-refractivity contribution in [2.24, 2.45) is 0 Å². The third-order valence-electron chi connectivity index (χ3n) is 2.07. The van der Waals surface area contributed by atoms with Crippen LogP contribution in [0.15, 0.2) is 0 Å². The molecule has 4 nitrogen and oxygen atoms in total. The zero-order chi connectivity index (χ0) is 11.8. The highest BCUT2D eigenvalue weighted by Gasteiger charge is 2.15. The molecule has 0 saturated heterocycles. The Bertz CT molecular complexity index is 230. The summed E-state index contributed by atoms with van der Waals surface area (Å²) in [6.45, 7) is 8.80. The van der Waals surface area contributed by atoms with Crippen LogP contribution in [0.3, 0.4) is 0 Å². The Balaban J connectivity index is 4.12. The lowest BCUT2D eigenvalue weighted by atomic mass is 10.2. The predicted octanol–water partition coefficient (Wildman–Crippen LogP) is 1.14. The normalized spacial score (nSPS) is 10.5. The molecule has 0 unspecified atom stereocenters. The van der Waals surface area contributed by atoms with Crippen molar-refractivity contribution in [2.45, 2.75) is 46.2 Å². The molecule has 0 fully saturated rings. The lowest BCUT2D eigenvalue weighted by Gasteiger charge is -2.26. The SMILES string of the molecule is CC(C)NCC(=O)N(CCC#N)C(C)C. The van der Waals surface area contributed by atoms with E-state index in [-0.39, 0.29) is 11.9 Å². The Morgan fingerprint density at radius 1 is 1.40 bits per heavy atom. The van der Waals surface area contributed by atoms with Gasteiger partial charge < -0.3 is 10.2 Å². The zero-order valence-electron chi connectivity index (χ0n) is 10.1. The van der Waals surface area contributed by atoms with Crippen LogP contribution in [0.25, 0.3) is 0 Å². The summed E-state index contributed by atoms with van der Waals surface area (Å²) in [5.74, 6) is 0.0638. The number of carbonyl (C=O) groups excluding carboxylic acids is 1. The van der Waals surface area contributed by atoms with Crippen molar-refractivity contribution in [1.29, 1.82) is 5.26 Å². The second kappa shape index (κ2) is 7.24. The number of carbonyl (C=O) groups is 1. The number of amides is 1. The molecule has 1 N–H and O–H groups in total. The highest BCUT2D eigenvalue weighted by molar-refractivity contribution is 5.78. The molecule has 0 aromatic carbocycles. The molecular weight excluding hydrogens is 190 g/mol. The monoisotopic (exact) mass is 211 g/mol. The van der Waals surface area contributed by atoms with E-state index in [4.69, 9.17) is 5.26 Å². The molecule has 0 aliphatic heterocycles. The third kappa shape index (κ3) is 6.08. The minimum atomic E-state index is 0.0638. The van der Waals surface area contributed by atoms with Crippen molar-refractivity contribution in [3.63, 3.8) is 0 Å². The number of hydrogen-bond acceptors (Lipinski definition) is 3. The third-order valence-corrected chi connectivity index (χ3v) is 2.07. The first-order valence-corrected chi connectivity index (χ1v) is 5.38. The van der Waals surface area contributed by atoms with Gasteiger partial charge in [-0.1, -0.05) is 13.8 Å². The van der Waals surface area contributed by atoms with Gasteiger partial charge in [-0.25, -0.2) is 0 Å². The van der Waals surface area contributed by atoms with Gasteiger partial charge in [0.15, 0.2) is 0 Å². The van der Waals surface area contributed by atoms with Gasteiger partial charge in [0.2, 0.25) is 5.91 Å². The van der Waals surface area contributed by atoms with Gasteiger partial charge in [-0.05, 0) is 13.8 Å². The van der Waals surface area contributed by atoms with E-state index in [9.17, 15) is 4.79 Å². The highest BCUT2D eigenvalue weighted by Crippen LogP contribution is 2.00. The molecular formula is C11H21N3O. The fourth-order valence-electron chi connectivity index (χ4n) is 1.23. The van der Waals surface area contributed by atoms with Crippen molar-refractivity contribution in [1.82, 2.24) is 10.2 Å². The van der Waals surface area contributed by atoms with Crippen LogP contribution in [0.2, 0.25) is 0 Å². The van der Waals surface area contributed by atoms with E-state index in [1.165, 1.54) is 0 Å². The lowest BCUT2D eigenvalue weighted by molar-refractivity contribution is -0.131. The van der Waals surface area contributed by atoms with Crippen LogP contribution < -0.4 is 5.32 Å². The minimum absolute atomic E-state index is 0.0638. The minimum Gasteiger partial charge on any atom is -0.338 e. The van der Waals surface area contributed by atoms with Gasteiger partial charge in [-0.2, -0.15) is 5.26 Å². The Morgan fingerprint density at radius 3 is 2.40 bits per heavy atom. The molecule has 0 aliphatic carbocycles. The van der Waals surface area contributed by atoms with Crippen LogP contribution >= 0.6 is 0 Å². The smallest absolute Gasteiger partial charge is 0.236 e. The summed E-state index contributed by atoms with van der Waals surface area (Å²) in [5, 5.41) is 11.6. The van der Waals surface area contributed by atoms with Crippen molar-refractivity contribution >= 4 is 5.91 Å². The van der Waals surface area contributed by atoms with E-state index in [1.54, 1.807) is 4.90 Å². The molecule has 0 bridgehead atoms. The molecule has 0 saturated carbocycles. The molecule has 0 heterocycles. The van der Waals surface area contributed by atoms with Crippen LogP contribution in [-0.2, 0) is 4.79 Å².